The van der Waals surface area contributed by atoms with Crippen LogP contribution in [-0.4, -0.2) is 32.8 Å². The van der Waals surface area contributed by atoms with Crippen molar-refractivity contribution in [1.29, 1.82) is 0 Å². The average Bonchev–Trinajstić information content (AvgIpc) is 2.41. The van der Waals surface area contributed by atoms with Gasteiger partial charge in [0.15, 0.2) is 0 Å². The van der Waals surface area contributed by atoms with Crippen molar-refractivity contribution < 1.29 is 4.74 Å². The van der Waals surface area contributed by atoms with E-state index in [1.54, 1.807) is 0 Å². The highest BCUT2D eigenvalue weighted by Gasteiger charge is 2.21. The average molecular weight is 269 g/mol. The summed E-state index contributed by atoms with van der Waals surface area (Å²) in [5.41, 5.74) is 2.53. The molecule has 0 spiro atoms. The van der Waals surface area contributed by atoms with E-state index in [4.69, 9.17) is 16.3 Å². The van der Waals surface area contributed by atoms with E-state index < -0.39 is 0 Å². The van der Waals surface area contributed by atoms with Crippen molar-refractivity contribution in [3.8, 4) is 0 Å². The van der Waals surface area contributed by atoms with E-state index >= 15 is 0 Å². The van der Waals surface area contributed by atoms with Crippen LogP contribution in [0.4, 0.5) is 5.69 Å². The standard InChI is InChI=1S/C14H21ClN2O/c1-3-13-10-17(6-7-18-13)14-8-12(15)5-4-11(14)9-16-2/h4-5,8,13,16H,3,6-7,9-10H2,1-2H3. The molecule has 0 aliphatic carbocycles. The predicted octanol–water partition coefficient (Wildman–Crippen LogP) is 2.67. The van der Waals surface area contributed by atoms with Gasteiger partial charge in [0.1, 0.15) is 0 Å². The second-order valence-corrected chi connectivity index (χ2v) is 5.09. The van der Waals surface area contributed by atoms with Crippen molar-refractivity contribution in [3.05, 3.63) is 28.8 Å². The summed E-state index contributed by atoms with van der Waals surface area (Å²) in [5, 5.41) is 4.00. The maximum atomic E-state index is 6.13. The van der Waals surface area contributed by atoms with Crippen LogP contribution in [0.2, 0.25) is 5.02 Å². The second kappa shape index (κ2) is 6.41. The summed E-state index contributed by atoms with van der Waals surface area (Å²) in [6.07, 6.45) is 1.39. The number of morpholine rings is 1. The maximum Gasteiger partial charge on any atom is 0.0748 e. The molecule has 0 bridgehead atoms. The fourth-order valence-corrected chi connectivity index (χ4v) is 2.52. The lowest BCUT2D eigenvalue weighted by atomic mass is 10.1. The van der Waals surface area contributed by atoms with Crippen LogP contribution < -0.4 is 10.2 Å². The van der Waals surface area contributed by atoms with Crippen molar-refractivity contribution in [1.82, 2.24) is 5.32 Å². The molecule has 1 aliphatic rings. The lowest BCUT2D eigenvalue weighted by Crippen LogP contribution is -2.42. The first kappa shape index (κ1) is 13.7. The molecule has 0 saturated carbocycles. The number of rotatable bonds is 4. The van der Waals surface area contributed by atoms with Crippen molar-refractivity contribution in [2.75, 3.05) is 31.6 Å². The fraction of sp³-hybridized carbons (Fsp3) is 0.571. The number of anilines is 1. The summed E-state index contributed by atoms with van der Waals surface area (Å²) in [5.74, 6) is 0. The SMILES string of the molecule is CCC1CN(c2cc(Cl)ccc2CNC)CCO1. The Labute approximate surface area is 114 Å². The van der Waals surface area contributed by atoms with E-state index in [1.165, 1.54) is 11.3 Å². The third-order valence-corrected chi connectivity index (χ3v) is 3.58. The van der Waals surface area contributed by atoms with Crippen LogP contribution in [0.1, 0.15) is 18.9 Å². The minimum Gasteiger partial charge on any atom is -0.375 e. The molecule has 0 aromatic heterocycles. The van der Waals surface area contributed by atoms with Gasteiger partial charge in [0.2, 0.25) is 0 Å². The van der Waals surface area contributed by atoms with Gasteiger partial charge in [-0.15, -0.1) is 0 Å². The quantitative estimate of drug-likeness (QED) is 0.909. The van der Waals surface area contributed by atoms with Crippen LogP contribution in [0.5, 0.6) is 0 Å². The molecule has 1 N–H and O–H groups in total. The number of benzene rings is 1. The van der Waals surface area contributed by atoms with Crippen LogP contribution >= 0.6 is 11.6 Å². The number of hydrogen-bond donors (Lipinski definition) is 1. The van der Waals surface area contributed by atoms with Gasteiger partial charge in [-0.2, -0.15) is 0 Å². The monoisotopic (exact) mass is 268 g/mol. The van der Waals surface area contributed by atoms with Crippen LogP contribution in [-0.2, 0) is 11.3 Å². The first-order valence-corrected chi connectivity index (χ1v) is 6.92. The van der Waals surface area contributed by atoms with E-state index in [0.717, 1.165) is 37.7 Å². The van der Waals surface area contributed by atoms with Crippen molar-refractivity contribution in [3.63, 3.8) is 0 Å². The molecule has 1 fully saturated rings. The lowest BCUT2D eigenvalue weighted by molar-refractivity contribution is 0.0384. The number of ether oxygens (including phenoxy) is 1. The van der Waals surface area contributed by atoms with Crippen LogP contribution in [0.3, 0.4) is 0 Å². The van der Waals surface area contributed by atoms with Crippen molar-refractivity contribution >= 4 is 17.3 Å². The van der Waals surface area contributed by atoms with E-state index in [2.05, 4.69) is 29.3 Å². The molecule has 4 heteroatoms. The van der Waals surface area contributed by atoms with Crippen molar-refractivity contribution in [2.45, 2.75) is 26.0 Å². The van der Waals surface area contributed by atoms with Gasteiger partial charge in [-0.05, 0) is 31.2 Å². The first-order chi connectivity index (χ1) is 8.74. The predicted molar refractivity (Wildman–Crippen MR) is 76.5 cm³/mol. The molecule has 1 atom stereocenters. The summed E-state index contributed by atoms with van der Waals surface area (Å²) < 4.78 is 5.72. The Kier molecular flexibility index (Phi) is 4.87. The first-order valence-electron chi connectivity index (χ1n) is 6.54. The maximum absolute atomic E-state index is 6.13. The molecule has 1 aromatic carbocycles. The largest absolute Gasteiger partial charge is 0.375 e. The summed E-state index contributed by atoms with van der Waals surface area (Å²) in [6, 6.07) is 6.12. The Hall–Kier alpha value is -0.770. The molecule has 1 unspecified atom stereocenters. The second-order valence-electron chi connectivity index (χ2n) is 4.65. The highest BCUT2D eigenvalue weighted by atomic mass is 35.5. The Morgan fingerprint density at radius 2 is 2.33 bits per heavy atom. The van der Waals surface area contributed by atoms with Gasteiger partial charge in [0, 0.05) is 30.3 Å². The number of nitrogens with one attached hydrogen (secondary N) is 1. The zero-order valence-corrected chi connectivity index (χ0v) is 11.8. The normalized spacial score (nSPS) is 20.2. The molecule has 100 valence electrons. The van der Waals surface area contributed by atoms with Gasteiger partial charge in [0.25, 0.3) is 0 Å². The van der Waals surface area contributed by atoms with Crippen LogP contribution in [0, 0.1) is 0 Å². The summed E-state index contributed by atoms with van der Waals surface area (Å²) in [7, 11) is 1.96. The van der Waals surface area contributed by atoms with E-state index in [1.807, 2.05) is 13.1 Å². The third-order valence-electron chi connectivity index (χ3n) is 3.35. The number of hydrogen-bond acceptors (Lipinski definition) is 3. The molecule has 1 aromatic rings. The summed E-state index contributed by atoms with van der Waals surface area (Å²) in [4.78, 5) is 2.39. The van der Waals surface area contributed by atoms with Gasteiger partial charge >= 0.3 is 0 Å². The third kappa shape index (κ3) is 3.16. The van der Waals surface area contributed by atoms with Crippen molar-refractivity contribution in [2.24, 2.45) is 0 Å². The topological polar surface area (TPSA) is 24.5 Å². The molecule has 0 amide bonds. The molecule has 18 heavy (non-hydrogen) atoms. The van der Waals surface area contributed by atoms with E-state index in [0.29, 0.717) is 6.10 Å². The Balaban J connectivity index is 2.22. The van der Waals surface area contributed by atoms with Gasteiger partial charge < -0.3 is 15.0 Å². The smallest absolute Gasteiger partial charge is 0.0748 e. The lowest BCUT2D eigenvalue weighted by Gasteiger charge is -2.35. The zero-order chi connectivity index (χ0) is 13.0. The highest BCUT2D eigenvalue weighted by Crippen LogP contribution is 2.27. The van der Waals surface area contributed by atoms with E-state index in [9.17, 15) is 0 Å². The summed E-state index contributed by atoms with van der Waals surface area (Å²) >= 11 is 6.13. The Morgan fingerprint density at radius 3 is 3.06 bits per heavy atom. The van der Waals surface area contributed by atoms with Crippen LogP contribution in [0.25, 0.3) is 0 Å². The molecule has 1 saturated heterocycles. The minimum atomic E-state index is 0.333. The Morgan fingerprint density at radius 1 is 1.50 bits per heavy atom. The van der Waals surface area contributed by atoms with Gasteiger partial charge in [-0.25, -0.2) is 0 Å². The molecule has 1 aliphatic heterocycles. The zero-order valence-electron chi connectivity index (χ0n) is 11.1. The van der Waals surface area contributed by atoms with E-state index in [-0.39, 0.29) is 0 Å². The van der Waals surface area contributed by atoms with Crippen LogP contribution in [0.15, 0.2) is 18.2 Å². The molecular formula is C14H21ClN2O. The minimum absolute atomic E-state index is 0.333. The van der Waals surface area contributed by atoms with Gasteiger partial charge in [-0.1, -0.05) is 24.6 Å². The summed E-state index contributed by atoms with van der Waals surface area (Å²) in [6.45, 7) is 5.71. The molecule has 1 heterocycles. The number of halogens is 1. The highest BCUT2D eigenvalue weighted by molar-refractivity contribution is 6.30. The molecular weight excluding hydrogens is 248 g/mol. The molecule has 0 radical (unpaired) electrons. The number of nitrogens with zero attached hydrogens (tertiary/aromatic N) is 1. The fourth-order valence-electron chi connectivity index (χ4n) is 2.36. The molecule has 3 nitrogen and oxygen atoms in total. The Bertz CT molecular complexity index is 397. The van der Waals surface area contributed by atoms with Gasteiger partial charge in [-0.3, -0.25) is 0 Å². The molecule has 2 rings (SSSR count). The van der Waals surface area contributed by atoms with Gasteiger partial charge in [0.05, 0.1) is 12.7 Å².